The molecule has 0 aliphatic carbocycles. The van der Waals surface area contributed by atoms with Gasteiger partial charge in [0.15, 0.2) is 11.6 Å². The van der Waals surface area contributed by atoms with E-state index < -0.39 is 0 Å². The van der Waals surface area contributed by atoms with Crippen LogP contribution < -0.4 is 4.90 Å². The maximum atomic E-state index is 5.66. The fraction of sp³-hybridized carbons (Fsp3) is 0.368. The molecule has 4 aromatic heterocycles. The minimum absolute atomic E-state index is 0.243. The van der Waals surface area contributed by atoms with Gasteiger partial charge in [0.1, 0.15) is 14.9 Å². The van der Waals surface area contributed by atoms with E-state index in [-0.39, 0.29) is 6.04 Å². The molecule has 0 bridgehead atoms. The Labute approximate surface area is 208 Å². The number of morpholine rings is 1. The summed E-state index contributed by atoms with van der Waals surface area (Å²) in [6.07, 6.45) is 2.30. The maximum Gasteiger partial charge on any atom is 0.181 e. The molecule has 2 atom stereocenters. The van der Waals surface area contributed by atoms with E-state index in [2.05, 4.69) is 78.8 Å². The van der Waals surface area contributed by atoms with Gasteiger partial charge in [-0.25, -0.2) is 14.0 Å². The standard InChI is InChI=1S/C19H21I2N8OP/c1-11-8-15(29(24-11)31-21)19-23-18(20)17-13(14-4-5-22-26(14)3)9-16(25-28(17)19)27-6-7-30-10-12(27)2/h4-5,8-9,12,31H,6-7,10H2,1-3H3/t12-/m1/s1. The smallest absolute Gasteiger partial charge is 0.181 e. The summed E-state index contributed by atoms with van der Waals surface area (Å²) in [4.78, 5) is 7.25. The maximum absolute atomic E-state index is 5.66. The van der Waals surface area contributed by atoms with E-state index in [0.29, 0.717) is 19.6 Å². The molecule has 0 amide bonds. The molecule has 9 nitrogen and oxygen atoms in total. The third-order valence-corrected chi connectivity index (χ3v) is 8.07. The van der Waals surface area contributed by atoms with Crippen LogP contribution in [0, 0.1) is 10.6 Å². The number of fused-ring (bicyclic) bond motifs is 1. The van der Waals surface area contributed by atoms with Crippen molar-refractivity contribution in [3.05, 3.63) is 33.8 Å². The van der Waals surface area contributed by atoms with Crippen LogP contribution in [0.2, 0.25) is 0 Å². The lowest BCUT2D eigenvalue weighted by Gasteiger charge is -2.34. The van der Waals surface area contributed by atoms with Crippen molar-refractivity contribution in [3.8, 4) is 22.8 Å². The van der Waals surface area contributed by atoms with Crippen LogP contribution in [0.4, 0.5) is 5.82 Å². The number of hydrogen-bond acceptors (Lipinski definition) is 6. The van der Waals surface area contributed by atoms with E-state index in [1.165, 1.54) is 0 Å². The zero-order valence-electron chi connectivity index (χ0n) is 17.2. The quantitative estimate of drug-likeness (QED) is 0.244. The van der Waals surface area contributed by atoms with E-state index in [0.717, 1.165) is 50.0 Å². The summed E-state index contributed by atoms with van der Waals surface area (Å²) in [5, 5.41) is 14.1. The highest BCUT2D eigenvalue weighted by Gasteiger charge is 2.26. The van der Waals surface area contributed by atoms with Crippen LogP contribution in [0.15, 0.2) is 24.4 Å². The molecule has 0 aromatic carbocycles. The van der Waals surface area contributed by atoms with E-state index >= 15 is 0 Å². The molecule has 162 valence electrons. The monoisotopic (exact) mass is 662 g/mol. The molecule has 1 fully saturated rings. The molecule has 1 aliphatic rings. The highest BCUT2D eigenvalue weighted by molar-refractivity contribution is 14.2. The molecule has 12 heteroatoms. The summed E-state index contributed by atoms with van der Waals surface area (Å²) in [6.45, 7) is 6.37. The van der Waals surface area contributed by atoms with Crippen LogP contribution in [-0.4, -0.2) is 59.7 Å². The predicted molar refractivity (Wildman–Crippen MR) is 139 cm³/mol. The lowest BCUT2D eigenvalue weighted by atomic mass is 10.1. The Morgan fingerprint density at radius 2 is 2.06 bits per heavy atom. The van der Waals surface area contributed by atoms with Crippen LogP contribution >= 0.6 is 51.0 Å². The van der Waals surface area contributed by atoms with Gasteiger partial charge < -0.3 is 9.64 Å². The van der Waals surface area contributed by atoms with Crippen LogP contribution in [0.25, 0.3) is 28.3 Å². The first-order valence-corrected chi connectivity index (χ1v) is 15.0. The first-order valence-electron chi connectivity index (χ1n) is 9.83. The van der Waals surface area contributed by atoms with Crippen molar-refractivity contribution in [1.82, 2.24) is 33.9 Å². The molecule has 0 saturated carbocycles. The summed E-state index contributed by atoms with van der Waals surface area (Å²) >= 11 is 4.65. The number of aryl methyl sites for hydroxylation is 2. The molecule has 0 radical (unpaired) electrons. The number of ether oxygens (including phenoxy) is 1. The zero-order chi connectivity index (χ0) is 21.7. The average Bonchev–Trinajstić information content (AvgIpc) is 3.44. The Kier molecular flexibility index (Phi) is 5.95. The second kappa shape index (κ2) is 8.56. The fourth-order valence-corrected chi connectivity index (χ4v) is 6.27. The molecular formula is C19H21I2N8OP. The summed E-state index contributed by atoms with van der Waals surface area (Å²) in [5.74, 6) is 1.71. The van der Waals surface area contributed by atoms with E-state index in [1.807, 2.05) is 39.9 Å². The minimum Gasteiger partial charge on any atom is -0.377 e. The number of halogens is 2. The average molecular weight is 662 g/mol. The molecule has 0 spiro atoms. The zero-order valence-corrected chi connectivity index (χ0v) is 22.6. The molecule has 5 heterocycles. The predicted octanol–water partition coefficient (Wildman–Crippen LogP) is 3.92. The third-order valence-electron chi connectivity index (χ3n) is 5.44. The van der Waals surface area contributed by atoms with Crippen molar-refractivity contribution >= 4 is 62.3 Å². The van der Waals surface area contributed by atoms with Crippen molar-refractivity contribution < 1.29 is 4.74 Å². The number of imidazole rings is 1. The van der Waals surface area contributed by atoms with E-state index in [4.69, 9.17) is 14.8 Å². The van der Waals surface area contributed by atoms with Gasteiger partial charge in [-0.1, -0.05) is 0 Å². The Morgan fingerprint density at radius 3 is 2.77 bits per heavy atom. The Bertz CT molecular complexity index is 1270. The molecule has 1 saturated heterocycles. The van der Waals surface area contributed by atoms with Gasteiger partial charge in [0.25, 0.3) is 0 Å². The third kappa shape index (κ3) is 3.76. The van der Waals surface area contributed by atoms with Crippen LogP contribution in [0.1, 0.15) is 12.6 Å². The Hall–Kier alpha value is -1.31. The molecular weight excluding hydrogens is 641 g/mol. The second-order valence-electron chi connectivity index (χ2n) is 7.53. The molecule has 5 rings (SSSR count). The molecule has 1 aliphatic heterocycles. The summed E-state index contributed by atoms with van der Waals surface area (Å²) in [5.41, 5.74) is 5.01. The van der Waals surface area contributed by atoms with Crippen molar-refractivity contribution in [2.24, 2.45) is 7.05 Å². The molecule has 1 unspecified atom stereocenters. The SMILES string of the molecule is Cc1cc(-c2nc(I)c3c(-c4ccnn4C)cc(N4CCOC[C@H]4C)nn23)n(PI)n1. The lowest BCUT2D eigenvalue weighted by Crippen LogP contribution is -2.44. The second-order valence-corrected chi connectivity index (χ2v) is 10.6. The van der Waals surface area contributed by atoms with Gasteiger partial charge in [-0.05, 0) is 76.7 Å². The summed E-state index contributed by atoms with van der Waals surface area (Å²) < 4.78 is 12.4. The molecule has 31 heavy (non-hydrogen) atoms. The number of rotatable bonds is 4. The summed E-state index contributed by atoms with van der Waals surface area (Å²) in [7, 11) is 1.96. The number of hydrogen-bond donors (Lipinski definition) is 0. The van der Waals surface area contributed by atoms with Crippen LogP contribution in [0.3, 0.4) is 0 Å². The van der Waals surface area contributed by atoms with Crippen molar-refractivity contribution in [1.29, 1.82) is 0 Å². The van der Waals surface area contributed by atoms with Crippen molar-refractivity contribution in [3.63, 3.8) is 0 Å². The summed E-state index contributed by atoms with van der Waals surface area (Å²) in [6, 6.07) is 6.51. The van der Waals surface area contributed by atoms with Gasteiger partial charge in [-0.2, -0.15) is 10.2 Å². The first-order chi connectivity index (χ1) is 15.0. The van der Waals surface area contributed by atoms with Gasteiger partial charge in [0.2, 0.25) is 0 Å². The Morgan fingerprint density at radius 1 is 1.23 bits per heavy atom. The Balaban J connectivity index is 1.81. The van der Waals surface area contributed by atoms with Crippen molar-refractivity contribution in [2.75, 3.05) is 24.7 Å². The van der Waals surface area contributed by atoms with E-state index in [9.17, 15) is 0 Å². The number of aromatic nitrogens is 7. The van der Waals surface area contributed by atoms with Gasteiger partial charge in [0, 0.05) is 25.4 Å². The lowest BCUT2D eigenvalue weighted by molar-refractivity contribution is 0.0984. The van der Waals surface area contributed by atoms with Gasteiger partial charge in [-0.15, -0.1) is 5.10 Å². The van der Waals surface area contributed by atoms with Gasteiger partial charge in [0.05, 0.1) is 37.0 Å². The normalized spacial score (nSPS) is 17.5. The van der Waals surface area contributed by atoms with Crippen LogP contribution in [0.5, 0.6) is 0 Å². The van der Waals surface area contributed by atoms with Crippen LogP contribution in [-0.2, 0) is 11.8 Å². The van der Waals surface area contributed by atoms with Crippen molar-refractivity contribution in [2.45, 2.75) is 19.9 Å². The largest absolute Gasteiger partial charge is 0.377 e. The fourth-order valence-electron chi connectivity index (χ4n) is 3.97. The van der Waals surface area contributed by atoms with Gasteiger partial charge >= 0.3 is 0 Å². The van der Waals surface area contributed by atoms with Gasteiger partial charge in [-0.3, -0.25) is 4.68 Å². The minimum atomic E-state index is 0.243. The topological polar surface area (TPSA) is 78.3 Å². The number of nitrogens with zero attached hydrogens (tertiary/aromatic N) is 8. The molecule has 0 N–H and O–H groups in total. The molecule has 4 aromatic rings. The number of anilines is 1. The first kappa shape index (κ1) is 21.5. The van der Waals surface area contributed by atoms with E-state index in [1.54, 1.807) is 0 Å². The highest BCUT2D eigenvalue weighted by atomic mass is 127. The highest BCUT2D eigenvalue weighted by Crippen LogP contribution is 2.36.